The number of aromatic nitrogens is 1. The van der Waals surface area contributed by atoms with E-state index in [0.717, 1.165) is 18.9 Å². The number of hydrogen-bond donors (Lipinski definition) is 0. The molecule has 1 aromatic heterocycles. The van der Waals surface area contributed by atoms with Gasteiger partial charge in [-0.2, -0.15) is 0 Å². The summed E-state index contributed by atoms with van der Waals surface area (Å²) in [6, 6.07) is 4.88. The van der Waals surface area contributed by atoms with Gasteiger partial charge < -0.3 is 9.80 Å². The second-order valence-electron chi connectivity index (χ2n) is 4.54. The van der Waals surface area contributed by atoms with Gasteiger partial charge in [-0.3, -0.25) is 0 Å². The minimum Gasteiger partial charge on any atom is -0.355 e. The molecule has 1 aliphatic heterocycles. The predicted molar refractivity (Wildman–Crippen MR) is 63.3 cm³/mol. The molecule has 82 valence electrons. The van der Waals surface area contributed by atoms with Crippen molar-refractivity contribution in [2.24, 2.45) is 0 Å². The number of aryl methyl sites for hydroxylation is 1. The van der Waals surface area contributed by atoms with E-state index in [1.54, 1.807) is 0 Å². The molecule has 0 aliphatic carbocycles. The topological polar surface area (TPSA) is 19.4 Å². The fourth-order valence-electron chi connectivity index (χ4n) is 2.06. The molecule has 0 N–H and O–H groups in total. The standard InChI is InChI=1S/C12H19N3/c1-10-4-6-13-12(8-10)15-7-5-11(9-15)14(2)3/h4,6,8,11H,5,7,9H2,1-3H3/t11-/m0/s1. The van der Waals surface area contributed by atoms with Gasteiger partial charge >= 0.3 is 0 Å². The molecule has 0 saturated carbocycles. The first kappa shape index (κ1) is 10.4. The number of hydrogen-bond acceptors (Lipinski definition) is 3. The van der Waals surface area contributed by atoms with E-state index in [4.69, 9.17) is 0 Å². The number of rotatable bonds is 2. The molecule has 3 heteroatoms. The molecule has 1 aromatic rings. The third kappa shape index (κ3) is 2.29. The van der Waals surface area contributed by atoms with Gasteiger partial charge in [0, 0.05) is 25.3 Å². The highest BCUT2D eigenvalue weighted by Gasteiger charge is 2.24. The lowest BCUT2D eigenvalue weighted by atomic mass is 10.2. The van der Waals surface area contributed by atoms with Crippen LogP contribution in [-0.4, -0.2) is 43.1 Å². The largest absolute Gasteiger partial charge is 0.355 e. The van der Waals surface area contributed by atoms with Crippen LogP contribution in [0.4, 0.5) is 5.82 Å². The Hall–Kier alpha value is -1.09. The van der Waals surface area contributed by atoms with E-state index in [0.29, 0.717) is 6.04 Å². The molecule has 0 unspecified atom stereocenters. The molecule has 1 aliphatic rings. The Bertz CT molecular complexity index is 335. The van der Waals surface area contributed by atoms with Gasteiger partial charge in [-0.05, 0) is 45.1 Å². The Balaban J connectivity index is 2.08. The van der Waals surface area contributed by atoms with Crippen molar-refractivity contribution in [2.45, 2.75) is 19.4 Å². The molecule has 3 nitrogen and oxygen atoms in total. The zero-order valence-corrected chi connectivity index (χ0v) is 9.77. The first-order chi connectivity index (χ1) is 7.16. The predicted octanol–water partition coefficient (Wildman–Crippen LogP) is 1.53. The monoisotopic (exact) mass is 205 g/mol. The molecule has 0 aromatic carbocycles. The normalized spacial score (nSPS) is 21.3. The van der Waals surface area contributed by atoms with Gasteiger partial charge in [0.05, 0.1) is 0 Å². The molecule has 2 heterocycles. The maximum atomic E-state index is 4.42. The number of pyridine rings is 1. The van der Waals surface area contributed by atoms with Crippen molar-refractivity contribution in [1.82, 2.24) is 9.88 Å². The van der Waals surface area contributed by atoms with E-state index < -0.39 is 0 Å². The summed E-state index contributed by atoms with van der Waals surface area (Å²) in [5, 5.41) is 0. The van der Waals surface area contributed by atoms with Gasteiger partial charge in [0.1, 0.15) is 5.82 Å². The quantitative estimate of drug-likeness (QED) is 0.730. The van der Waals surface area contributed by atoms with Crippen molar-refractivity contribution in [3.8, 4) is 0 Å². The molecule has 15 heavy (non-hydrogen) atoms. The Morgan fingerprint density at radius 2 is 2.27 bits per heavy atom. The molecule has 2 rings (SSSR count). The summed E-state index contributed by atoms with van der Waals surface area (Å²) < 4.78 is 0. The van der Waals surface area contributed by atoms with Gasteiger partial charge in [-0.1, -0.05) is 0 Å². The summed E-state index contributed by atoms with van der Waals surface area (Å²) in [5.74, 6) is 1.12. The van der Waals surface area contributed by atoms with Crippen molar-refractivity contribution < 1.29 is 0 Å². The van der Waals surface area contributed by atoms with Gasteiger partial charge in [0.25, 0.3) is 0 Å². The van der Waals surface area contributed by atoms with Crippen LogP contribution in [-0.2, 0) is 0 Å². The maximum absolute atomic E-state index is 4.42. The van der Waals surface area contributed by atoms with Crippen LogP contribution >= 0.6 is 0 Å². The first-order valence-electron chi connectivity index (χ1n) is 5.51. The van der Waals surface area contributed by atoms with Crippen LogP contribution in [0.2, 0.25) is 0 Å². The lowest BCUT2D eigenvalue weighted by molar-refractivity contribution is 0.315. The third-order valence-corrected chi connectivity index (χ3v) is 3.12. The number of nitrogens with zero attached hydrogens (tertiary/aromatic N) is 3. The summed E-state index contributed by atoms with van der Waals surface area (Å²) in [7, 11) is 4.30. The summed E-state index contributed by atoms with van der Waals surface area (Å²) in [6.45, 7) is 4.34. The SMILES string of the molecule is Cc1ccnc(N2CC[C@H](N(C)C)C2)c1. The third-order valence-electron chi connectivity index (χ3n) is 3.12. The second kappa shape index (κ2) is 4.19. The van der Waals surface area contributed by atoms with E-state index >= 15 is 0 Å². The molecule has 0 radical (unpaired) electrons. The molecular weight excluding hydrogens is 186 g/mol. The van der Waals surface area contributed by atoms with Crippen LogP contribution in [0.25, 0.3) is 0 Å². The fourth-order valence-corrected chi connectivity index (χ4v) is 2.06. The highest BCUT2D eigenvalue weighted by atomic mass is 15.3. The molecule has 1 saturated heterocycles. The highest BCUT2D eigenvalue weighted by Crippen LogP contribution is 2.20. The maximum Gasteiger partial charge on any atom is 0.128 e. The van der Waals surface area contributed by atoms with Crippen LogP contribution in [0, 0.1) is 6.92 Å². The number of likely N-dealkylation sites (N-methyl/N-ethyl adjacent to an activating group) is 1. The van der Waals surface area contributed by atoms with Crippen LogP contribution in [0.1, 0.15) is 12.0 Å². The van der Waals surface area contributed by atoms with Gasteiger partial charge in [0.2, 0.25) is 0 Å². The average molecular weight is 205 g/mol. The summed E-state index contributed by atoms with van der Waals surface area (Å²) >= 11 is 0. The molecule has 1 fully saturated rings. The number of anilines is 1. The lowest BCUT2D eigenvalue weighted by Crippen LogP contribution is -2.31. The second-order valence-corrected chi connectivity index (χ2v) is 4.54. The Labute approximate surface area is 91.7 Å². The summed E-state index contributed by atoms with van der Waals surface area (Å²) in [5.41, 5.74) is 1.29. The van der Waals surface area contributed by atoms with E-state index in [1.165, 1.54) is 12.0 Å². The summed E-state index contributed by atoms with van der Waals surface area (Å²) in [4.78, 5) is 9.10. The lowest BCUT2D eigenvalue weighted by Gasteiger charge is -2.21. The minimum atomic E-state index is 0.673. The van der Waals surface area contributed by atoms with E-state index in [2.05, 4.69) is 41.9 Å². The molecule has 1 atom stereocenters. The molecule has 0 spiro atoms. The van der Waals surface area contributed by atoms with Crippen LogP contribution in [0.5, 0.6) is 0 Å². The highest BCUT2D eigenvalue weighted by molar-refractivity contribution is 5.42. The van der Waals surface area contributed by atoms with Crippen LogP contribution < -0.4 is 4.90 Å². The molecule has 0 amide bonds. The van der Waals surface area contributed by atoms with Crippen molar-refractivity contribution in [1.29, 1.82) is 0 Å². The minimum absolute atomic E-state index is 0.673. The van der Waals surface area contributed by atoms with Crippen molar-refractivity contribution >= 4 is 5.82 Å². The summed E-state index contributed by atoms with van der Waals surface area (Å²) in [6.07, 6.45) is 3.14. The molecule has 0 bridgehead atoms. The van der Waals surface area contributed by atoms with E-state index in [9.17, 15) is 0 Å². The van der Waals surface area contributed by atoms with Gasteiger partial charge in [-0.15, -0.1) is 0 Å². The fraction of sp³-hybridized carbons (Fsp3) is 0.583. The van der Waals surface area contributed by atoms with Crippen molar-refractivity contribution in [3.63, 3.8) is 0 Å². The van der Waals surface area contributed by atoms with Crippen LogP contribution in [0.15, 0.2) is 18.3 Å². The van der Waals surface area contributed by atoms with E-state index in [1.807, 2.05) is 12.3 Å². The van der Waals surface area contributed by atoms with Crippen molar-refractivity contribution in [2.75, 3.05) is 32.1 Å². The Kier molecular flexibility index (Phi) is 2.91. The molecular formula is C12H19N3. The smallest absolute Gasteiger partial charge is 0.128 e. The van der Waals surface area contributed by atoms with Gasteiger partial charge in [0.15, 0.2) is 0 Å². The Morgan fingerprint density at radius 3 is 2.87 bits per heavy atom. The van der Waals surface area contributed by atoms with E-state index in [-0.39, 0.29) is 0 Å². The average Bonchev–Trinajstić information content (AvgIpc) is 2.66. The van der Waals surface area contributed by atoms with Gasteiger partial charge in [-0.25, -0.2) is 4.98 Å². The van der Waals surface area contributed by atoms with Crippen LogP contribution in [0.3, 0.4) is 0 Å². The Morgan fingerprint density at radius 1 is 1.47 bits per heavy atom. The first-order valence-corrected chi connectivity index (χ1v) is 5.51. The zero-order chi connectivity index (χ0) is 10.8. The zero-order valence-electron chi connectivity index (χ0n) is 9.77. The van der Waals surface area contributed by atoms with Crippen molar-refractivity contribution in [3.05, 3.63) is 23.9 Å².